The maximum atomic E-state index is 12.9. The quantitative estimate of drug-likeness (QED) is 0.642. The smallest absolute Gasteiger partial charge is 0.297 e. The minimum absolute atomic E-state index is 0.235. The van der Waals surface area contributed by atoms with Crippen LogP contribution in [0.25, 0.3) is 5.69 Å². The third kappa shape index (κ3) is 4.03. The molecule has 2 aromatic carbocycles. The molecule has 0 saturated carbocycles. The predicted molar refractivity (Wildman–Crippen MR) is 113 cm³/mol. The van der Waals surface area contributed by atoms with Crippen molar-refractivity contribution in [1.29, 1.82) is 0 Å². The van der Waals surface area contributed by atoms with Gasteiger partial charge in [0.15, 0.2) is 28.8 Å². The summed E-state index contributed by atoms with van der Waals surface area (Å²) in [6.07, 6.45) is 3.92. The number of hydrogen-bond donors (Lipinski definition) is 1. The summed E-state index contributed by atoms with van der Waals surface area (Å²) in [5, 5.41) is 3.13. The average Bonchev–Trinajstić information content (AvgIpc) is 2.79. The van der Waals surface area contributed by atoms with Crippen LogP contribution >= 0.6 is 0 Å². The summed E-state index contributed by atoms with van der Waals surface area (Å²) < 4.78 is 23.3. The van der Waals surface area contributed by atoms with Crippen molar-refractivity contribution in [1.82, 2.24) is 9.55 Å². The van der Waals surface area contributed by atoms with Gasteiger partial charge in [0.25, 0.3) is 5.56 Å². The first-order valence-electron chi connectivity index (χ1n) is 9.62. The van der Waals surface area contributed by atoms with Crippen LogP contribution in [0.2, 0.25) is 0 Å². The predicted octanol–water partition coefficient (Wildman–Crippen LogP) is 2.68. The molecule has 1 aromatic heterocycles. The Morgan fingerprint density at radius 1 is 1.03 bits per heavy atom. The molecule has 4 rings (SSSR count). The van der Waals surface area contributed by atoms with Crippen molar-refractivity contribution in [3.8, 4) is 28.7 Å². The maximum absolute atomic E-state index is 12.9. The lowest BCUT2D eigenvalue weighted by Crippen LogP contribution is -2.24. The number of rotatable bonds is 7. The molecule has 3 aromatic rings. The normalized spacial score (nSPS) is 12.3. The summed E-state index contributed by atoms with van der Waals surface area (Å²) >= 11 is 0. The fraction of sp³-hybridized carbons (Fsp3) is 0.273. The minimum Gasteiger partial charge on any atom is -0.493 e. The summed E-state index contributed by atoms with van der Waals surface area (Å²) in [6, 6.07) is 11.2. The van der Waals surface area contributed by atoms with E-state index in [4.69, 9.17) is 18.9 Å². The molecule has 1 aliphatic heterocycles. The first-order chi connectivity index (χ1) is 14.7. The summed E-state index contributed by atoms with van der Waals surface area (Å²) in [4.78, 5) is 17.1. The lowest BCUT2D eigenvalue weighted by molar-refractivity contribution is 0.171. The highest BCUT2D eigenvalue weighted by Gasteiger charge is 2.14. The monoisotopic (exact) mass is 409 g/mol. The summed E-state index contributed by atoms with van der Waals surface area (Å²) in [6.45, 7) is 1.56. The zero-order valence-electron chi connectivity index (χ0n) is 16.9. The number of ether oxygens (including phenoxy) is 4. The second kappa shape index (κ2) is 8.77. The van der Waals surface area contributed by atoms with E-state index in [2.05, 4.69) is 10.3 Å². The van der Waals surface area contributed by atoms with E-state index in [1.165, 1.54) is 4.57 Å². The van der Waals surface area contributed by atoms with Gasteiger partial charge in [0.1, 0.15) is 13.2 Å². The topological polar surface area (TPSA) is 83.8 Å². The number of aromatic nitrogens is 2. The summed E-state index contributed by atoms with van der Waals surface area (Å²) in [5.41, 5.74) is 1.51. The fourth-order valence-electron chi connectivity index (χ4n) is 3.28. The van der Waals surface area contributed by atoms with Crippen molar-refractivity contribution in [2.24, 2.45) is 0 Å². The zero-order valence-corrected chi connectivity index (χ0v) is 16.9. The van der Waals surface area contributed by atoms with E-state index in [1.807, 2.05) is 24.3 Å². The third-order valence-electron chi connectivity index (χ3n) is 4.80. The van der Waals surface area contributed by atoms with Crippen LogP contribution in [0.1, 0.15) is 5.56 Å². The molecular formula is C22H23N3O5. The van der Waals surface area contributed by atoms with Crippen molar-refractivity contribution in [3.05, 3.63) is 64.7 Å². The van der Waals surface area contributed by atoms with Crippen LogP contribution in [0, 0.1) is 0 Å². The number of anilines is 1. The number of fused-ring (bicyclic) bond motifs is 1. The van der Waals surface area contributed by atoms with Gasteiger partial charge in [-0.15, -0.1) is 0 Å². The van der Waals surface area contributed by atoms with Crippen LogP contribution in [0.5, 0.6) is 23.0 Å². The molecule has 2 heterocycles. The van der Waals surface area contributed by atoms with Crippen LogP contribution in [0.15, 0.2) is 53.6 Å². The van der Waals surface area contributed by atoms with Crippen molar-refractivity contribution in [3.63, 3.8) is 0 Å². The Kier molecular flexibility index (Phi) is 5.74. The average molecular weight is 409 g/mol. The van der Waals surface area contributed by atoms with Gasteiger partial charge in [-0.2, -0.15) is 0 Å². The van der Waals surface area contributed by atoms with Gasteiger partial charge in [-0.25, -0.2) is 4.98 Å². The van der Waals surface area contributed by atoms with Crippen molar-refractivity contribution >= 4 is 5.82 Å². The molecule has 8 heteroatoms. The molecule has 0 aliphatic carbocycles. The highest BCUT2D eigenvalue weighted by Crippen LogP contribution is 2.31. The minimum atomic E-state index is -0.235. The molecule has 0 radical (unpaired) electrons. The van der Waals surface area contributed by atoms with E-state index < -0.39 is 0 Å². The number of hydrogen-bond acceptors (Lipinski definition) is 7. The van der Waals surface area contributed by atoms with E-state index in [-0.39, 0.29) is 11.4 Å². The molecule has 0 amide bonds. The van der Waals surface area contributed by atoms with Crippen molar-refractivity contribution in [2.75, 3.05) is 39.3 Å². The molecule has 0 spiro atoms. The van der Waals surface area contributed by atoms with Crippen LogP contribution in [0.3, 0.4) is 0 Å². The SMILES string of the molecule is COc1ccc(CCNc2nccn(-c3ccc4c(c3)OCCO4)c2=O)cc1OC. The Labute approximate surface area is 174 Å². The lowest BCUT2D eigenvalue weighted by Gasteiger charge is -2.19. The highest BCUT2D eigenvalue weighted by atomic mass is 16.6. The van der Waals surface area contributed by atoms with Crippen LogP contribution < -0.4 is 29.8 Å². The van der Waals surface area contributed by atoms with Crippen molar-refractivity contribution in [2.45, 2.75) is 6.42 Å². The van der Waals surface area contributed by atoms with E-state index in [0.29, 0.717) is 54.9 Å². The van der Waals surface area contributed by atoms with Gasteiger partial charge in [0, 0.05) is 25.0 Å². The van der Waals surface area contributed by atoms with Gasteiger partial charge in [0.2, 0.25) is 0 Å². The molecule has 0 atom stereocenters. The lowest BCUT2D eigenvalue weighted by atomic mass is 10.1. The number of benzene rings is 2. The van der Waals surface area contributed by atoms with Crippen LogP contribution in [-0.2, 0) is 6.42 Å². The third-order valence-corrected chi connectivity index (χ3v) is 4.80. The van der Waals surface area contributed by atoms with Gasteiger partial charge in [0.05, 0.1) is 19.9 Å². The van der Waals surface area contributed by atoms with E-state index in [9.17, 15) is 4.79 Å². The molecule has 0 saturated heterocycles. The first kappa shape index (κ1) is 19.6. The van der Waals surface area contributed by atoms with Crippen LogP contribution in [-0.4, -0.2) is 43.5 Å². The zero-order chi connectivity index (χ0) is 20.9. The molecule has 0 unspecified atom stereocenters. The van der Waals surface area contributed by atoms with Gasteiger partial charge >= 0.3 is 0 Å². The second-order valence-electron chi connectivity index (χ2n) is 6.65. The van der Waals surface area contributed by atoms with E-state index in [0.717, 1.165) is 5.56 Å². The number of nitrogens with one attached hydrogen (secondary N) is 1. The Hall–Kier alpha value is -3.68. The Bertz CT molecular complexity index is 1100. The molecule has 1 N–H and O–H groups in total. The molecule has 8 nitrogen and oxygen atoms in total. The van der Waals surface area contributed by atoms with E-state index >= 15 is 0 Å². The summed E-state index contributed by atoms with van der Waals surface area (Å²) in [7, 11) is 3.21. The molecule has 0 fully saturated rings. The van der Waals surface area contributed by atoms with Gasteiger partial charge in [-0.3, -0.25) is 9.36 Å². The van der Waals surface area contributed by atoms with Gasteiger partial charge in [-0.1, -0.05) is 6.07 Å². The Morgan fingerprint density at radius 2 is 1.83 bits per heavy atom. The number of nitrogens with zero attached hydrogens (tertiary/aromatic N) is 2. The molecule has 30 heavy (non-hydrogen) atoms. The Morgan fingerprint density at radius 3 is 2.63 bits per heavy atom. The fourth-order valence-corrected chi connectivity index (χ4v) is 3.28. The van der Waals surface area contributed by atoms with Crippen LogP contribution in [0.4, 0.5) is 5.82 Å². The standard InChI is InChI=1S/C22H23N3O5/c1-27-17-5-3-15(13-19(17)28-2)7-8-23-21-22(26)25(10-9-24-21)16-4-6-18-20(14-16)30-12-11-29-18/h3-6,9-10,13-14H,7-8,11-12H2,1-2H3,(H,23,24). The molecular weight excluding hydrogens is 386 g/mol. The number of methoxy groups -OCH3 is 2. The summed E-state index contributed by atoms with van der Waals surface area (Å²) in [5.74, 6) is 2.95. The maximum Gasteiger partial charge on any atom is 0.297 e. The van der Waals surface area contributed by atoms with Gasteiger partial charge < -0.3 is 24.3 Å². The Balaban J connectivity index is 1.48. The second-order valence-corrected chi connectivity index (χ2v) is 6.65. The van der Waals surface area contributed by atoms with Crippen molar-refractivity contribution < 1.29 is 18.9 Å². The van der Waals surface area contributed by atoms with E-state index in [1.54, 1.807) is 38.7 Å². The largest absolute Gasteiger partial charge is 0.493 e. The molecule has 156 valence electrons. The first-order valence-corrected chi connectivity index (χ1v) is 9.62. The highest BCUT2D eigenvalue weighted by molar-refractivity contribution is 5.50. The van der Waals surface area contributed by atoms with Gasteiger partial charge in [-0.05, 0) is 36.2 Å². The molecule has 1 aliphatic rings. The molecule has 0 bridgehead atoms.